The molecule has 0 bridgehead atoms. The monoisotopic (exact) mass is 445 g/mol. The maximum atomic E-state index is 12.5. The first-order valence-electron chi connectivity index (χ1n) is 10.1. The average Bonchev–Trinajstić information content (AvgIpc) is 3.02. The first-order valence-corrected chi connectivity index (χ1v) is 11.1. The normalized spacial score (nSPS) is 12.7. The van der Waals surface area contributed by atoms with Crippen LogP contribution >= 0.6 is 11.8 Å². The van der Waals surface area contributed by atoms with Gasteiger partial charge in [0.25, 0.3) is 0 Å². The maximum Gasteiger partial charge on any atom is 0.234 e. The summed E-state index contributed by atoms with van der Waals surface area (Å²) in [7, 11) is 3.24. The van der Waals surface area contributed by atoms with Gasteiger partial charge >= 0.3 is 0 Å². The molecule has 7 heteroatoms. The van der Waals surface area contributed by atoms with Gasteiger partial charge in [-0.15, -0.1) is 11.8 Å². The number of hydrogen-bond acceptors (Lipinski definition) is 6. The zero-order chi connectivity index (χ0) is 22.3. The molecule has 0 fully saturated rings. The van der Waals surface area contributed by atoms with E-state index < -0.39 is 0 Å². The van der Waals surface area contributed by atoms with E-state index >= 15 is 0 Å². The van der Waals surface area contributed by atoms with Crippen LogP contribution in [0.15, 0.2) is 82.8 Å². The minimum atomic E-state index is -0.108. The van der Waals surface area contributed by atoms with Crippen LogP contribution in [0.3, 0.4) is 0 Å². The van der Waals surface area contributed by atoms with Crippen molar-refractivity contribution < 1.29 is 14.3 Å². The molecule has 3 aromatic carbocycles. The van der Waals surface area contributed by atoms with E-state index in [2.05, 4.69) is 5.32 Å². The van der Waals surface area contributed by atoms with Gasteiger partial charge in [0.1, 0.15) is 11.5 Å². The van der Waals surface area contributed by atoms with E-state index in [1.807, 2.05) is 66.7 Å². The van der Waals surface area contributed by atoms with Crippen molar-refractivity contribution in [1.82, 2.24) is 0 Å². The lowest BCUT2D eigenvalue weighted by atomic mass is 10.1. The quantitative estimate of drug-likeness (QED) is 0.534. The van der Waals surface area contributed by atoms with E-state index in [1.54, 1.807) is 20.3 Å². The van der Waals surface area contributed by atoms with E-state index in [-0.39, 0.29) is 11.7 Å². The summed E-state index contributed by atoms with van der Waals surface area (Å²) < 4.78 is 10.6. The Kier molecular flexibility index (Phi) is 6.87. The predicted molar refractivity (Wildman–Crippen MR) is 131 cm³/mol. The van der Waals surface area contributed by atoms with Gasteiger partial charge in [-0.1, -0.05) is 30.3 Å². The summed E-state index contributed by atoms with van der Waals surface area (Å²) in [6, 6.07) is 22.9. The van der Waals surface area contributed by atoms with Crippen LogP contribution in [0.2, 0.25) is 0 Å². The van der Waals surface area contributed by atoms with Crippen molar-refractivity contribution in [2.75, 3.05) is 25.3 Å². The van der Waals surface area contributed by atoms with Crippen molar-refractivity contribution in [3.05, 3.63) is 78.4 Å². The van der Waals surface area contributed by atoms with E-state index in [0.29, 0.717) is 17.9 Å². The number of amides is 1. The number of anilines is 1. The third-order valence-corrected chi connectivity index (χ3v) is 5.80. The zero-order valence-electron chi connectivity index (χ0n) is 17.9. The molecule has 1 heterocycles. The summed E-state index contributed by atoms with van der Waals surface area (Å²) in [6.45, 7) is 0. The van der Waals surface area contributed by atoms with Crippen LogP contribution in [0, 0.1) is 0 Å². The third-order valence-electron chi connectivity index (χ3n) is 4.83. The van der Waals surface area contributed by atoms with E-state index in [4.69, 9.17) is 19.5 Å². The standard InChI is InChI=1S/C25H23N3O3S/c1-30-19-9-5-7-17(13-19)23-15-25(28-22-12-4-3-11-21(22)27-23)32-16-24(29)26-18-8-6-10-20(14-18)31-2/h3-14H,15-16H2,1-2H3,(H,26,29). The molecule has 1 aliphatic rings. The summed E-state index contributed by atoms with van der Waals surface area (Å²) in [6.07, 6.45) is 0.527. The van der Waals surface area contributed by atoms with Gasteiger partial charge in [-0.25, -0.2) is 4.99 Å². The number of nitrogens with zero attached hydrogens (tertiary/aromatic N) is 2. The van der Waals surface area contributed by atoms with Gasteiger partial charge in [0, 0.05) is 23.7 Å². The van der Waals surface area contributed by atoms with Gasteiger partial charge in [0.15, 0.2) is 0 Å². The minimum Gasteiger partial charge on any atom is -0.497 e. The van der Waals surface area contributed by atoms with Gasteiger partial charge in [-0.3, -0.25) is 9.79 Å². The molecule has 1 aliphatic heterocycles. The molecule has 0 saturated carbocycles. The van der Waals surface area contributed by atoms with Gasteiger partial charge in [-0.2, -0.15) is 0 Å². The van der Waals surface area contributed by atoms with Gasteiger partial charge in [0.05, 0.1) is 42.1 Å². The highest BCUT2D eigenvalue weighted by Crippen LogP contribution is 2.33. The largest absolute Gasteiger partial charge is 0.497 e. The molecular formula is C25H23N3O3S. The minimum absolute atomic E-state index is 0.108. The smallest absolute Gasteiger partial charge is 0.234 e. The second-order valence-electron chi connectivity index (χ2n) is 7.03. The van der Waals surface area contributed by atoms with Crippen LogP contribution < -0.4 is 14.8 Å². The summed E-state index contributed by atoms with van der Waals surface area (Å²) in [5, 5.41) is 3.74. The Bertz CT molecular complexity index is 1190. The Labute approximate surface area is 191 Å². The van der Waals surface area contributed by atoms with Gasteiger partial charge in [-0.05, 0) is 36.4 Å². The number of aliphatic imine (C=N–C) groups is 2. The highest BCUT2D eigenvalue weighted by molar-refractivity contribution is 8.14. The number of benzene rings is 3. The number of carbonyl (C=O) groups is 1. The fourth-order valence-corrected chi connectivity index (χ4v) is 4.03. The molecule has 0 radical (unpaired) electrons. The van der Waals surface area contributed by atoms with Crippen LogP contribution in [0.5, 0.6) is 11.5 Å². The second-order valence-corrected chi connectivity index (χ2v) is 8.08. The topological polar surface area (TPSA) is 72.3 Å². The molecule has 4 rings (SSSR count). The average molecular weight is 446 g/mol. The second kappa shape index (κ2) is 10.2. The van der Waals surface area contributed by atoms with E-state index in [1.165, 1.54) is 11.8 Å². The summed E-state index contributed by atoms with van der Waals surface area (Å²) in [4.78, 5) is 22.2. The highest BCUT2D eigenvalue weighted by atomic mass is 32.2. The van der Waals surface area contributed by atoms with Crippen molar-refractivity contribution >= 4 is 45.5 Å². The number of methoxy groups -OCH3 is 2. The van der Waals surface area contributed by atoms with Gasteiger partial charge in [0.2, 0.25) is 5.91 Å². The molecule has 162 valence electrons. The molecule has 0 spiro atoms. The zero-order valence-corrected chi connectivity index (χ0v) is 18.7. The Hall–Kier alpha value is -3.58. The molecule has 0 unspecified atom stereocenters. The number of ether oxygens (including phenoxy) is 2. The first kappa shape index (κ1) is 21.6. The number of carbonyl (C=O) groups excluding carboxylic acids is 1. The first-order chi connectivity index (χ1) is 15.6. The van der Waals surface area contributed by atoms with Crippen LogP contribution in [-0.4, -0.2) is 36.6 Å². The molecule has 0 aromatic heterocycles. The lowest BCUT2D eigenvalue weighted by molar-refractivity contribution is -0.113. The molecule has 1 N–H and O–H groups in total. The third kappa shape index (κ3) is 5.36. The molecule has 0 atom stereocenters. The molecule has 0 aliphatic carbocycles. The number of para-hydroxylation sites is 2. The van der Waals surface area contributed by atoms with Crippen molar-refractivity contribution in [2.24, 2.45) is 9.98 Å². The van der Waals surface area contributed by atoms with Gasteiger partial charge < -0.3 is 14.8 Å². The SMILES string of the molecule is COc1cccc(NC(=O)CSC2=Nc3ccccc3N=C(c3cccc(OC)c3)C2)c1. The van der Waals surface area contributed by atoms with Crippen molar-refractivity contribution in [3.63, 3.8) is 0 Å². The van der Waals surface area contributed by atoms with Crippen molar-refractivity contribution in [3.8, 4) is 11.5 Å². The summed E-state index contributed by atoms with van der Waals surface area (Å²) >= 11 is 1.41. The van der Waals surface area contributed by atoms with E-state index in [9.17, 15) is 4.79 Å². The highest BCUT2D eigenvalue weighted by Gasteiger charge is 2.17. The number of nitrogens with one attached hydrogen (secondary N) is 1. The Morgan fingerprint density at radius 2 is 1.59 bits per heavy atom. The maximum absolute atomic E-state index is 12.5. The number of thioether (sulfide) groups is 1. The Balaban J connectivity index is 1.52. The van der Waals surface area contributed by atoms with Crippen LogP contribution in [0.25, 0.3) is 0 Å². The molecule has 32 heavy (non-hydrogen) atoms. The van der Waals surface area contributed by atoms with Crippen LogP contribution in [-0.2, 0) is 4.79 Å². The molecule has 3 aromatic rings. The van der Waals surface area contributed by atoms with Crippen molar-refractivity contribution in [1.29, 1.82) is 0 Å². The summed E-state index contributed by atoms with van der Waals surface area (Å²) in [5.41, 5.74) is 4.15. The lowest BCUT2D eigenvalue weighted by Crippen LogP contribution is -2.16. The number of hydrogen-bond donors (Lipinski definition) is 1. The number of rotatable bonds is 6. The molecular weight excluding hydrogens is 422 g/mol. The fraction of sp³-hybridized carbons (Fsp3) is 0.160. The lowest BCUT2D eigenvalue weighted by Gasteiger charge is -2.10. The Morgan fingerprint density at radius 1 is 0.906 bits per heavy atom. The summed E-state index contributed by atoms with van der Waals surface area (Å²) in [5.74, 6) is 1.60. The van der Waals surface area contributed by atoms with Crippen molar-refractivity contribution in [2.45, 2.75) is 6.42 Å². The van der Waals surface area contributed by atoms with E-state index in [0.717, 1.165) is 33.4 Å². The predicted octanol–water partition coefficient (Wildman–Crippen LogP) is 5.63. The molecule has 1 amide bonds. The fourth-order valence-electron chi connectivity index (χ4n) is 3.25. The molecule has 0 saturated heterocycles. The van der Waals surface area contributed by atoms with Crippen LogP contribution in [0.4, 0.5) is 17.1 Å². The molecule has 6 nitrogen and oxygen atoms in total. The Morgan fingerprint density at radius 3 is 2.34 bits per heavy atom. The van der Waals surface area contributed by atoms with Crippen LogP contribution in [0.1, 0.15) is 12.0 Å². The number of fused-ring (bicyclic) bond motifs is 1.